The lowest BCUT2D eigenvalue weighted by Gasteiger charge is -2.19. The lowest BCUT2D eigenvalue weighted by atomic mass is 9.93. The van der Waals surface area contributed by atoms with E-state index in [1.807, 2.05) is 27.7 Å². The van der Waals surface area contributed by atoms with Crippen molar-refractivity contribution in [2.24, 2.45) is 11.8 Å². The minimum atomic E-state index is -0.499. The van der Waals surface area contributed by atoms with Crippen LogP contribution in [0.5, 0.6) is 0 Å². The lowest BCUT2D eigenvalue weighted by Crippen LogP contribution is -2.33. The molecule has 6 nitrogen and oxygen atoms in total. The Labute approximate surface area is 139 Å². The number of nitrogens with one attached hydrogen (secondary N) is 1. The van der Waals surface area contributed by atoms with Crippen molar-refractivity contribution >= 4 is 17.8 Å². The maximum absolute atomic E-state index is 12.0. The van der Waals surface area contributed by atoms with Gasteiger partial charge in [-0.05, 0) is 33.6 Å². The molecule has 0 aliphatic rings. The number of alkyl carbamates (subject to hydrolysis) is 1. The predicted molar refractivity (Wildman–Crippen MR) is 88.1 cm³/mol. The van der Waals surface area contributed by atoms with Gasteiger partial charge in [-0.25, -0.2) is 4.79 Å². The molecule has 1 amide bonds. The van der Waals surface area contributed by atoms with E-state index in [2.05, 4.69) is 10.1 Å². The minimum absolute atomic E-state index is 0.0722. The summed E-state index contributed by atoms with van der Waals surface area (Å²) in [6.45, 7) is 9.53. The van der Waals surface area contributed by atoms with E-state index in [0.717, 1.165) is 19.3 Å². The summed E-state index contributed by atoms with van der Waals surface area (Å²) in [5.74, 6) is -0.775. The van der Waals surface area contributed by atoms with Crippen molar-refractivity contribution < 1.29 is 23.9 Å². The van der Waals surface area contributed by atoms with E-state index in [1.54, 1.807) is 6.92 Å². The summed E-state index contributed by atoms with van der Waals surface area (Å²) in [6, 6.07) is 0. The van der Waals surface area contributed by atoms with Gasteiger partial charge in [-0.2, -0.15) is 0 Å². The second-order valence-corrected chi connectivity index (χ2v) is 6.92. The third-order valence-electron chi connectivity index (χ3n) is 3.39. The Morgan fingerprint density at radius 3 is 2.17 bits per heavy atom. The fourth-order valence-electron chi connectivity index (χ4n) is 2.03. The number of carbonyl (C=O) groups excluding carboxylic acids is 3. The second-order valence-electron chi connectivity index (χ2n) is 6.92. The Bertz CT molecular complexity index is 400. The van der Waals surface area contributed by atoms with Crippen molar-refractivity contribution in [1.82, 2.24) is 5.32 Å². The van der Waals surface area contributed by atoms with Gasteiger partial charge in [-0.15, -0.1) is 0 Å². The van der Waals surface area contributed by atoms with Crippen LogP contribution < -0.4 is 5.32 Å². The van der Waals surface area contributed by atoms with Gasteiger partial charge in [-0.3, -0.25) is 9.59 Å². The van der Waals surface area contributed by atoms with Crippen molar-refractivity contribution in [3.8, 4) is 0 Å². The smallest absolute Gasteiger partial charge is 0.407 e. The fourth-order valence-corrected chi connectivity index (χ4v) is 2.03. The molecule has 0 fully saturated rings. The van der Waals surface area contributed by atoms with Gasteiger partial charge in [0.15, 0.2) is 0 Å². The number of methoxy groups -OCH3 is 1. The predicted octanol–water partition coefficient (Wildman–Crippen LogP) is 3.09. The third-order valence-corrected chi connectivity index (χ3v) is 3.39. The molecule has 2 atom stereocenters. The zero-order chi connectivity index (χ0) is 18.0. The monoisotopic (exact) mass is 329 g/mol. The van der Waals surface area contributed by atoms with Gasteiger partial charge >= 0.3 is 12.1 Å². The highest BCUT2D eigenvalue weighted by Crippen LogP contribution is 2.15. The topological polar surface area (TPSA) is 81.7 Å². The number of unbranched alkanes of at least 4 members (excludes halogenated alkanes) is 1. The van der Waals surface area contributed by atoms with E-state index in [9.17, 15) is 14.4 Å². The number of amides is 1. The van der Waals surface area contributed by atoms with Crippen molar-refractivity contribution in [2.75, 3.05) is 13.7 Å². The first-order valence-electron chi connectivity index (χ1n) is 8.14. The Balaban J connectivity index is 3.86. The van der Waals surface area contributed by atoms with Gasteiger partial charge in [0, 0.05) is 18.9 Å². The van der Waals surface area contributed by atoms with Crippen LogP contribution in [0, 0.1) is 11.8 Å². The number of ether oxygens (including phenoxy) is 2. The first-order chi connectivity index (χ1) is 10.6. The summed E-state index contributed by atoms with van der Waals surface area (Å²) < 4.78 is 9.75. The molecule has 134 valence electrons. The average Bonchev–Trinajstić information content (AvgIpc) is 2.43. The van der Waals surface area contributed by atoms with Crippen LogP contribution in [0.3, 0.4) is 0 Å². The summed E-state index contributed by atoms with van der Waals surface area (Å²) in [5, 5.41) is 2.69. The molecule has 0 saturated heterocycles. The Morgan fingerprint density at radius 1 is 1.04 bits per heavy atom. The number of Topliss-reactive ketones (excluding diaryl/α,β-unsaturated/α-hetero) is 1. The van der Waals surface area contributed by atoms with Gasteiger partial charge in [0.1, 0.15) is 11.4 Å². The Kier molecular flexibility index (Phi) is 9.53. The Hall–Kier alpha value is -1.59. The van der Waals surface area contributed by atoms with Gasteiger partial charge in [0.05, 0.1) is 13.0 Å². The molecule has 0 aromatic rings. The molecule has 0 saturated carbocycles. The molecule has 1 N–H and O–H groups in total. The van der Waals surface area contributed by atoms with Crippen LogP contribution in [-0.2, 0) is 19.1 Å². The molecule has 0 aromatic carbocycles. The quantitative estimate of drug-likeness (QED) is 0.519. The van der Waals surface area contributed by atoms with Gasteiger partial charge in [-0.1, -0.05) is 20.3 Å². The molecule has 1 unspecified atom stereocenters. The molecule has 0 aliphatic heterocycles. The zero-order valence-electron chi connectivity index (χ0n) is 15.2. The number of hydrogen-bond donors (Lipinski definition) is 1. The lowest BCUT2D eigenvalue weighted by molar-refractivity contribution is -0.146. The number of esters is 1. The highest BCUT2D eigenvalue weighted by molar-refractivity contribution is 5.85. The van der Waals surface area contributed by atoms with E-state index in [4.69, 9.17) is 4.74 Å². The molecule has 0 rings (SSSR count). The van der Waals surface area contributed by atoms with Gasteiger partial charge in [0.25, 0.3) is 0 Å². The SMILES string of the molecule is COC(=O)C(C)CC(=O)[C@@H](C)CCCCNC(=O)OC(C)(C)C. The molecule has 23 heavy (non-hydrogen) atoms. The zero-order valence-corrected chi connectivity index (χ0v) is 15.2. The highest BCUT2D eigenvalue weighted by Gasteiger charge is 2.21. The fraction of sp³-hybridized carbons (Fsp3) is 0.824. The summed E-state index contributed by atoms with van der Waals surface area (Å²) in [5.41, 5.74) is -0.499. The van der Waals surface area contributed by atoms with E-state index >= 15 is 0 Å². The first-order valence-corrected chi connectivity index (χ1v) is 8.14. The summed E-state index contributed by atoms with van der Waals surface area (Å²) in [4.78, 5) is 34.8. The number of carbonyl (C=O) groups is 3. The average molecular weight is 329 g/mol. The summed E-state index contributed by atoms with van der Waals surface area (Å²) >= 11 is 0. The van der Waals surface area contributed by atoms with E-state index in [0.29, 0.717) is 6.54 Å². The molecule has 0 heterocycles. The first kappa shape index (κ1) is 21.4. The third kappa shape index (κ3) is 10.7. The molecule has 6 heteroatoms. The Morgan fingerprint density at radius 2 is 1.65 bits per heavy atom. The summed E-state index contributed by atoms with van der Waals surface area (Å²) in [7, 11) is 1.32. The minimum Gasteiger partial charge on any atom is -0.469 e. The van der Waals surface area contributed by atoms with Crippen molar-refractivity contribution in [2.45, 2.75) is 65.9 Å². The van der Waals surface area contributed by atoms with E-state index in [-0.39, 0.29) is 24.1 Å². The number of hydrogen-bond acceptors (Lipinski definition) is 5. The standard InChI is InChI=1S/C17H31NO5/c1-12(14(19)11-13(2)15(20)22-6)9-7-8-10-18-16(21)23-17(3,4)5/h12-13H,7-11H2,1-6H3,(H,18,21)/t12-,13?/m0/s1. The maximum atomic E-state index is 12.0. The number of ketones is 1. The van der Waals surface area contributed by atoms with Crippen LogP contribution in [0.1, 0.15) is 60.3 Å². The molecule has 0 spiro atoms. The molecular formula is C17H31NO5. The normalized spacial score (nSPS) is 13.8. The van der Waals surface area contributed by atoms with E-state index < -0.39 is 17.6 Å². The maximum Gasteiger partial charge on any atom is 0.407 e. The molecule has 0 bridgehead atoms. The van der Waals surface area contributed by atoms with Crippen LogP contribution in [-0.4, -0.2) is 37.1 Å². The van der Waals surface area contributed by atoms with Crippen molar-refractivity contribution in [1.29, 1.82) is 0 Å². The van der Waals surface area contributed by atoms with Crippen molar-refractivity contribution in [3.63, 3.8) is 0 Å². The largest absolute Gasteiger partial charge is 0.469 e. The van der Waals surface area contributed by atoms with Crippen LogP contribution in [0.4, 0.5) is 4.79 Å². The van der Waals surface area contributed by atoms with Gasteiger partial charge < -0.3 is 14.8 Å². The second kappa shape index (κ2) is 10.2. The van der Waals surface area contributed by atoms with Crippen LogP contribution in [0.15, 0.2) is 0 Å². The molecular weight excluding hydrogens is 298 g/mol. The van der Waals surface area contributed by atoms with Crippen LogP contribution in [0.2, 0.25) is 0 Å². The molecule has 0 aromatic heterocycles. The van der Waals surface area contributed by atoms with Crippen LogP contribution >= 0.6 is 0 Å². The van der Waals surface area contributed by atoms with Crippen LogP contribution in [0.25, 0.3) is 0 Å². The van der Waals surface area contributed by atoms with E-state index in [1.165, 1.54) is 7.11 Å². The van der Waals surface area contributed by atoms with Gasteiger partial charge in [0.2, 0.25) is 0 Å². The molecule has 0 aliphatic carbocycles. The summed E-state index contributed by atoms with van der Waals surface area (Å²) in [6.07, 6.45) is 2.14. The number of rotatable bonds is 9. The molecule has 0 radical (unpaired) electrons. The highest BCUT2D eigenvalue weighted by atomic mass is 16.6. The van der Waals surface area contributed by atoms with Crippen molar-refractivity contribution in [3.05, 3.63) is 0 Å².